The summed E-state index contributed by atoms with van der Waals surface area (Å²) in [5.74, 6) is -0.319. The number of nitrogens with zero attached hydrogens (tertiary/aromatic N) is 2. The Morgan fingerprint density at radius 2 is 2.00 bits per heavy atom. The van der Waals surface area contributed by atoms with Gasteiger partial charge in [-0.1, -0.05) is 12.1 Å². The fraction of sp³-hybridized carbons (Fsp3) is 0.0526. The van der Waals surface area contributed by atoms with Crippen molar-refractivity contribution >= 4 is 54.5 Å². The Kier molecular flexibility index (Phi) is 5.39. The highest BCUT2D eigenvalue weighted by atomic mass is 79.9. The number of nitrogens with one attached hydrogen (secondary N) is 2. The topological polar surface area (TPSA) is 92.6 Å². The molecule has 0 unspecified atom stereocenters. The first-order valence-electron chi connectivity index (χ1n) is 8.48. The number of fused-ring (bicyclic) bond motifs is 1. The minimum atomic E-state index is -3.67. The number of halogens is 1. The van der Waals surface area contributed by atoms with Gasteiger partial charge in [0, 0.05) is 28.1 Å². The van der Waals surface area contributed by atoms with Crippen LogP contribution in [0.25, 0.3) is 5.65 Å². The number of rotatable bonds is 6. The SMILES string of the molecule is O=C(NCc1cn2cc(Br)ccc2n1)c1cccc(NS(=O)(=O)c2cccs2)c1. The number of anilines is 1. The van der Waals surface area contributed by atoms with E-state index in [1.54, 1.807) is 29.6 Å². The van der Waals surface area contributed by atoms with E-state index in [0.717, 1.165) is 21.5 Å². The second-order valence-corrected chi connectivity index (χ2v) is 9.92. The molecule has 0 aliphatic heterocycles. The number of carbonyl (C=O) groups excluding carboxylic acids is 1. The summed E-state index contributed by atoms with van der Waals surface area (Å²) in [6.45, 7) is 0.253. The number of aromatic nitrogens is 2. The molecule has 0 aliphatic rings. The zero-order chi connectivity index (χ0) is 20.4. The van der Waals surface area contributed by atoms with Crippen molar-refractivity contribution in [1.29, 1.82) is 0 Å². The van der Waals surface area contributed by atoms with Gasteiger partial charge in [0.15, 0.2) is 0 Å². The Labute approximate surface area is 179 Å². The fourth-order valence-electron chi connectivity index (χ4n) is 2.72. The van der Waals surface area contributed by atoms with Crippen LogP contribution < -0.4 is 10.0 Å². The molecule has 4 aromatic rings. The zero-order valence-corrected chi connectivity index (χ0v) is 18.1. The van der Waals surface area contributed by atoms with Crippen molar-refractivity contribution in [1.82, 2.24) is 14.7 Å². The number of hydrogen-bond donors (Lipinski definition) is 2. The Morgan fingerprint density at radius 3 is 2.79 bits per heavy atom. The summed E-state index contributed by atoms with van der Waals surface area (Å²) >= 11 is 4.53. The summed E-state index contributed by atoms with van der Waals surface area (Å²) in [5.41, 5.74) is 2.17. The van der Waals surface area contributed by atoms with Crippen LogP contribution >= 0.6 is 27.3 Å². The molecule has 0 radical (unpaired) electrons. The molecule has 0 bridgehead atoms. The lowest BCUT2D eigenvalue weighted by molar-refractivity contribution is 0.0950. The molecule has 10 heteroatoms. The van der Waals surface area contributed by atoms with E-state index in [4.69, 9.17) is 0 Å². The second kappa shape index (κ2) is 7.97. The van der Waals surface area contributed by atoms with Crippen LogP contribution in [0.5, 0.6) is 0 Å². The predicted octanol–water partition coefficient (Wildman–Crippen LogP) is 3.89. The van der Waals surface area contributed by atoms with Crippen molar-refractivity contribution in [2.75, 3.05) is 4.72 Å². The predicted molar refractivity (Wildman–Crippen MR) is 116 cm³/mol. The highest BCUT2D eigenvalue weighted by Gasteiger charge is 2.16. The number of benzene rings is 1. The number of imidazole rings is 1. The zero-order valence-electron chi connectivity index (χ0n) is 14.9. The molecule has 0 saturated carbocycles. The molecular weight excluding hydrogens is 476 g/mol. The molecule has 29 heavy (non-hydrogen) atoms. The number of sulfonamides is 1. The van der Waals surface area contributed by atoms with Crippen molar-refractivity contribution < 1.29 is 13.2 Å². The molecule has 0 fully saturated rings. The van der Waals surface area contributed by atoms with Crippen molar-refractivity contribution in [2.24, 2.45) is 0 Å². The van der Waals surface area contributed by atoms with Gasteiger partial charge in [-0.05, 0) is 57.7 Å². The Morgan fingerprint density at radius 1 is 1.14 bits per heavy atom. The normalized spacial score (nSPS) is 11.5. The maximum Gasteiger partial charge on any atom is 0.271 e. The molecule has 3 heterocycles. The molecule has 0 atom stereocenters. The minimum Gasteiger partial charge on any atom is -0.346 e. The maximum atomic E-state index is 12.5. The maximum absolute atomic E-state index is 12.5. The first-order valence-corrected chi connectivity index (χ1v) is 11.6. The van der Waals surface area contributed by atoms with Gasteiger partial charge < -0.3 is 9.72 Å². The summed E-state index contributed by atoms with van der Waals surface area (Å²) in [7, 11) is -3.67. The van der Waals surface area contributed by atoms with Gasteiger partial charge in [0.25, 0.3) is 15.9 Å². The Hall–Kier alpha value is -2.69. The lowest BCUT2D eigenvalue weighted by Crippen LogP contribution is -2.23. The quantitative estimate of drug-likeness (QED) is 0.428. The van der Waals surface area contributed by atoms with Crippen molar-refractivity contribution in [3.8, 4) is 0 Å². The standard InChI is InChI=1S/C19H15BrN4O3S2/c20-14-6-7-17-22-16(12-24(17)11-14)10-21-19(25)13-3-1-4-15(9-13)23-29(26,27)18-5-2-8-28-18/h1-9,11-12,23H,10H2,(H,21,25). The van der Waals surface area contributed by atoms with E-state index in [9.17, 15) is 13.2 Å². The third-order valence-electron chi connectivity index (χ3n) is 4.03. The number of amides is 1. The lowest BCUT2D eigenvalue weighted by atomic mass is 10.2. The molecule has 1 amide bonds. The molecule has 0 aliphatic carbocycles. The van der Waals surface area contributed by atoms with Crippen molar-refractivity contribution in [3.05, 3.63) is 82.0 Å². The summed E-state index contributed by atoms with van der Waals surface area (Å²) < 4.78 is 30.2. The summed E-state index contributed by atoms with van der Waals surface area (Å²) in [5, 5.41) is 4.50. The van der Waals surface area contributed by atoms with Crippen LogP contribution in [0.1, 0.15) is 16.1 Å². The van der Waals surface area contributed by atoms with E-state index < -0.39 is 10.0 Å². The van der Waals surface area contributed by atoms with E-state index in [-0.39, 0.29) is 16.7 Å². The third-order valence-corrected chi connectivity index (χ3v) is 7.28. The van der Waals surface area contributed by atoms with E-state index >= 15 is 0 Å². The van der Waals surface area contributed by atoms with Crippen LogP contribution in [0.2, 0.25) is 0 Å². The minimum absolute atomic E-state index is 0.214. The Bertz CT molecular complexity index is 1280. The number of pyridine rings is 1. The number of carbonyl (C=O) groups is 1. The second-order valence-electron chi connectivity index (χ2n) is 6.15. The number of thiophene rings is 1. The van der Waals surface area contributed by atoms with Crippen LogP contribution in [0.15, 0.2) is 75.0 Å². The van der Waals surface area contributed by atoms with Crippen molar-refractivity contribution in [2.45, 2.75) is 10.8 Å². The van der Waals surface area contributed by atoms with E-state index in [1.807, 2.05) is 28.9 Å². The van der Waals surface area contributed by atoms with Crippen LogP contribution in [-0.4, -0.2) is 23.7 Å². The molecular formula is C19H15BrN4O3S2. The van der Waals surface area contributed by atoms with E-state index in [2.05, 4.69) is 31.0 Å². The van der Waals surface area contributed by atoms with Gasteiger partial charge in [-0.15, -0.1) is 11.3 Å². The van der Waals surface area contributed by atoms with Crippen LogP contribution in [-0.2, 0) is 16.6 Å². The molecule has 0 spiro atoms. The van der Waals surface area contributed by atoms with Crippen LogP contribution in [0, 0.1) is 0 Å². The number of hydrogen-bond acceptors (Lipinski definition) is 5. The third kappa shape index (κ3) is 4.50. The monoisotopic (exact) mass is 490 g/mol. The molecule has 3 aromatic heterocycles. The first-order chi connectivity index (χ1) is 13.9. The van der Waals surface area contributed by atoms with Gasteiger partial charge in [0.1, 0.15) is 9.86 Å². The van der Waals surface area contributed by atoms with Gasteiger partial charge in [0.2, 0.25) is 0 Å². The average molecular weight is 491 g/mol. The molecule has 0 saturated heterocycles. The molecule has 4 rings (SSSR count). The van der Waals surface area contributed by atoms with Gasteiger partial charge in [0.05, 0.1) is 12.2 Å². The average Bonchev–Trinajstić information content (AvgIpc) is 3.35. The fourth-order valence-corrected chi connectivity index (χ4v) is 5.12. The van der Waals surface area contributed by atoms with Crippen LogP contribution in [0.4, 0.5) is 5.69 Å². The lowest BCUT2D eigenvalue weighted by Gasteiger charge is -2.08. The Balaban J connectivity index is 1.45. The van der Waals surface area contributed by atoms with Gasteiger partial charge in [-0.25, -0.2) is 13.4 Å². The highest BCUT2D eigenvalue weighted by Crippen LogP contribution is 2.21. The molecule has 1 aromatic carbocycles. The van der Waals surface area contributed by atoms with Crippen molar-refractivity contribution in [3.63, 3.8) is 0 Å². The summed E-state index contributed by atoms with van der Waals surface area (Å²) in [4.78, 5) is 17.0. The molecule has 7 nitrogen and oxygen atoms in total. The largest absolute Gasteiger partial charge is 0.346 e. The van der Waals surface area contributed by atoms with Gasteiger partial charge in [-0.2, -0.15) is 0 Å². The summed E-state index contributed by atoms with van der Waals surface area (Å²) in [6.07, 6.45) is 3.72. The van der Waals surface area contributed by atoms with E-state index in [1.165, 1.54) is 12.1 Å². The molecule has 148 valence electrons. The van der Waals surface area contributed by atoms with Gasteiger partial charge >= 0.3 is 0 Å². The summed E-state index contributed by atoms with van der Waals surface area (Å²) in [6, 6.07) is 13.3. The molecule has 2 N–H and O–H groups in total. The first kappa shape index (κ1) is 19.6. The van der Waals surface area contributed by atoms with Crippen LogP contribution in [0.3, 0.4) is 0 Å². The smallest absolute Gasteiger partial charge is 0.271 e. The van der Waals surface area contributed by atoms with E-state index in [0.29, 0.717) is 16.9 Å². The highest BCUT2D eigenvalue weighted by molar-refractivity contribution is 9.10. The van der Waals surface area contributed by atoms with Gasteiger partial charge in [-0.3, -0.25) is 9.52 Å².